The Bertz CT molecular complexity index is 824. The second-order valence-electron chi connectivity index (χ2n) is 6.54. The molecule has 152 valence electrons. The van der Waals surface area contributed by atoms with Crippen LogP contribution in [0.25, 0.3) is 0 Å². The molecule has 11 heteroatoms. The summed E-state index contributed by atoms with van der Waals surface area (Å²) in [5.74, 6) is -0.556. The van der Waals surface area contributed by atoms with Crippen LogP contribution >= 0.6 is 22.9 Å². The lowest BCUT2D eigenvalue weighted by Gasteiger charge is -2.37. The van der Waals surface area contributed by atoms with E-state index in [0.717, 1.165) is 10.7 Å². The Morgan fingerprint density at radius 3 is 2.79 bits per heavy atom. The van der Waals surface area contributed by atoms with Gasteiger partial charge in [-0.15, -0.1) is 0 Å². The highest BCUT2D eigenvalue weighted by molar-refractivity contribution is 7.17. The highest BCUT2D eigenvalue weighted by atomic mass is 35.5. The van der Waals surface area contributed by atoms with Gasteiger partial charge in [-0.05, 0) is 18.9 Å². The number of aliphatic imine (C=N–C) groups is 1. The van der Waals surface area contributed by atoms with Gasteiger partial charge in [0.15, 0.2) is 5.13 Å². The maximum absolute atomic E-state index is 12.5. The number of piperidine rings is 1. The van der Waals surface area contributed by atoms with Gasteiger partial charge in [-0.2, -0.15) is 0 Å². The molecular formula is C17H22ClN5O4S. The normalized spacial score (nSPS) is 22.3. The van der Waals surface area contributed by atoms with E-state index in [1.165, 1.54) is 24.6 Å². The lowest BCUT2D eigenvalue weighted by Crippen LogP contribution is -2.55. The molecule has 2 aliphatic rings. The van der Waals surface area contributed by atoms with Gasteiger partial charge >= 0.3 is 0 Å². The Balaban J connectivity index is 1.60. The number of aromatic nitrogens is 1. The number of rotatable bonds is 6. The number of hydrogen-bond donors (Lipinski definition) is 2. The molecule has 0 bridgehead atoms. The number of carbonyl (C=O) groups is 2. The van der Waals surface area contributed by atoms with Gasteiger partial charge in [0, 0.05) is 26.6 Å². The molecule has 0 aromatic carbocycles. The van der Waals surface area contributed by atoms with Crippen LogP contribution < -0.4 is 15.7 Å². The highest BCUT2D eigenvalue weighted by Gasteiger charge is 2.33. The van der Waals surface area contributed by atoms with E-state index in [1.807, 2.05) is 11.8 Å². The maximum Gasteiger partial charge on any atom is 0.286 e. The van der Waals surface area contributed by atoms with E-state index in [4.69, 9.17) is 16.3 Å². The van der Waals surface area contributed by atoms with E-state index in [9.17, 15) is 9.59 Å². The number of hydrogen-bond acceptors (Lipinski definition) is 8. The number of methoxy groups -OCH3 is 1. The molecule has 1 aromatic rings. The van der Waals surface area contributed by atoms with Crippen LogP contribution in [0.4, 0.5) is 5.13 Å². The monoisotopic (exact) mass is 427 g/mol. The van der Waals surface area contributed by atoms with Crippen LogP contribution in [0, 0.1) is 0 Å². The summed E-state index contributed by atoms with van der Waals surface area (Å²) in [5, 5.41) is 4.12. The van der Waals surface area contributed by atoms with E-state index in [-0.39, 0.29) is 24.0 Å². The van der Waals surface area contributed by atoms with Crippen LogP contribution in [0.2, 0.25) is 0 Å². The molecule has 28 heavy (non-hydrogen) atoms. The molecule has 0 aliphatic carbocycles. The molecule has 3 heterocycles. The average molecular weight is 428 g/mol. The van der Waals surface area contributed by atoms with Gasteiger partial charge in [-0.3, -0.25) is 14.4 Å². The van der Waals surface area contributed by atoms with Gasteiger partial charge in [-0.1, -0.05) is 22.9 Å². The molecule has 0 saturated carbocycles. The third-order valence-electron chi connectivity index (χ3n) is 4.64. The number of hydroxylamine groups is 1. The fourth-order valence-electron chi connectivity index (χ4n) is 3.11. The lowest BCUT2D eigenvalue weighted by molar-refractivity contribution is -0.116. The molecule has 0 spiro atoms. The van der Waals surface area contributed by atoms with Crippen molar-refractivity contribution in [2.45, 2.75) is 31.9 Å². The lowest BCUT2D eigenvalue weighted by atomic mass is 10.0. The third-order valence-corrected chi connectivity index (χ3v) is 6.10. The predicted molar refractivity (Wildman–Crippen MR) is 107 cm³/mol. The zero-order chi connectivity index (χ0) is 20.3. The number of carbonyl (C=O) groups excluding carboxylic acids is 2. The molecule has 2 amide bonds. The minimum Gasteiger partial charge on any atom is -0.377 e. The summed E-state index contributed by atoms with van der Waals surface area (Å²) >= 11 is 7.25. The predicted octanol–water partition coefficient (Wildman–Crippen LogP) is 1.46. The van der Waals surface area contributed by atoms with Crippen molar-refractivity contribution in [1.29, 1.82) is 0 Å². The van der Waals surface area contributed by atoms with Gasteiger partial charge in [0.2, 0.25) is 0 Å². The van der Waals surface area contributed by atoms with Gasteiger partial charge in [-0.25, -0.2) is 15.5 Å². The first kappa shape index (κ1) is 20.7. The largest absolute Gasteiger partial charge is 0.377 e. The molecule has 0 unspecified atom stereocenters. The first-order valence-electron chi connectivity index (χ1n) is 8.73. The Labute approximate surface area is 171 Å². The van der Waals surface area contributed by atoms with E-state index in [0.29, 0.717) is 41.7 Å². The fraction of sp³-hybridized carbons (Fsp3) is 0.529. The number of allylic oxidation sites excluding steroid dienone is 1. The quantitative estimate of drug-likeness (QED) is 0.526. The average Bonchev–Trinajstić information content (AvgIpc) is 3.30. The Hall–Kier alpha value is -2.01. The summed E-state index contributed by atoms with van der Waals surface area (Å²) < 4.78 is 5.60. The topological polar surface area (TPSA) is 105 Å². The fourth-order valence-corrected chi connectivity index (χ4v) is 4.12. The Kier molecular flexibility index (Phi) is 6.65. The molecule has 0 radical (unpaired) electrons. The molecular weight excluding hydrogens is 406 g/mol. The number of ether oxygens (including phenoxy) is 1. The van der Waals surface area contributed by atoms with Crippen molar-refractivity contribution in [2.75, 3.05) is 32.2 Å². The summed E-state index contributed by atoms with van der Waals surface area (Å²) in [6, 6.07) is -0.146. The molecule has 3 rings (SSSR count). The van der Waals surface area contributed by atoms with Crippen LogP contribution in [0.3, 0.4) is 0 Å². The van der Waals surface area contributed by atoms with Crippen molar-refractivity contribution >= 4 is 45.6 Å². The zero-order valence-electron chi connectivity index (χ0n) is 15.8. The second-order valence-corrected chi connectivity index (χ2v) is 7.90. The van der Waals surface area contributed by atoms with Crippen molar-refractivity contribution in [3.8, 4) is 0 Å². The van der Waals surface area contributed by atoms with E-state index in [2.05, 4.69) is 25.6 Å². The number of thiazole rings is 1. The summed E-state index contributed by atoms with van der Waals surface area (Å²) in [4.78, 5) is 39.9. The van der Waals surface area contributed by atoms with E-state index >= 15 is 0 Å². The summed E-state index contributed by atoms with van der Waals surface area (Å²) in [5.41, 5.74) is 3.59. The summed E-state index contributed by atoms with van der Waals surface area (Å²) in [6.07, 6.45) is 2.44. The van der Waals surface area contributed by atoms with Crippen LogP contribution in [0.1, 0.15) is 29.4 Å². The smallest absolute Gasteiger partial charge is 0.286 e. The number of halogens is 1. The summed E-state index contributed by atoms with van der Waals surface area (Å²) in [6.45, 7) is 3.08. The first-order chi connectivity index (χ1) is 13.4. The van der Waals surface area contributed by atoms with Gasteiger partial charge in [0.05, 0.1) is 25.5 Å². The first-order valence-corrected chi connectivity index (χ1v) is 9.93. The van der Waals surface area contributed by atoms with Crippen LogP contribution in [-0.4, -0.2) is 62.0 Å². The van der Waals surface area contributed by atoms with Crippen molar-refractivity contribution in [2.24, 2.45) is 4.99 Å². The number of amides is 2. The van der Waals surface area contributed by atoms with Crippen molar-refractivity contribution in [1.82, 2.24) is 15.8 Å². The SMILES string of the molecule is CONC(=O)c1cnc(N2CC[C@@H](NC(=O)C3=NC(Cl)=C(C)C3)[C@@H](OC)C2)s1. The number of anilines is 1. The minimum absolute atomic E-state index is 0.146. The van der Waals surface area contributed by atoms with Crippen molar-refractivity contribution in [3.63, 3.8) is 0 Å². The second kappa shape index (κ2) is 8.99. The molecule has 1 saturated heterocycles. The van der Waals surface area contributed by atoms with Crippen molar-refractivity contribution < 1.29 is 19.2 Å². The molecule has 1 aromatic heterocycles. The Morgan fingerprint density at radius 1 is 1.36 bits per heavy atom. The zero-order valence-corrected chi connectivity index (χ0v) is 17.4. The van der Waals surface area contributed by atoms with Gasteiger partial charge < -0.3 is 15.0 Å². The van der Waals surface area contributed by atoms with Crippen LogP contribution in [0.15, 0.2) is 21.9 Å². The summed E-state index contributed by atoms with van der Waals surface area (Å²) in [7, 11) is 2.99. The minimum atomic E-state index is -0.336. The van der Waals surface area contributed by atoms with E-state index < -0.39 is 0 Å². The number of nitrogens with zero attached hydrogens (tertiary/aromatic N) is 3. The Morgan fingerprint density at radius 2 is 2.14 bits per heavy atom. The molecule has 1 fully saturated rings. The van der Waals surface area contributed by atoms with Gasteiger partial charge in [0.1, 0.15) is 15.7 Å². The standard InChI is InChI=1S/C17H22ClN5O4S/c1-9-6-11(20-14(9)18)15(24)21-10-4-5-23(8-12(10)26-2)17-19-7-13(28-17)16(25)22-27-3/h7,10,12H,4-6,8H2,1-3H3,(H,21,24)(H,22,25)/t10-,12+/m1/s1. The van der Waals surface area contributed by atoms with Crippen LogP contribution in [-0.2, 0) is 14.4 Å². The number of nitrogens with one attached hydrogen (secondary N) is 2. The van der Waals surface area contributed by atoms with Crippen LogP contribution in [0.5, 0.6) is 0 Å². The van der Waals surface area contributed by atoms with E-state index in [1.54, 1.807) is 7.11 Å². The maximum atomic E-state index is 12.5. The molecule has 2 N–H and O–H groups in total. The molecule has 2 aliphatic heterocycles. The molecule has 2 atom stereocenters. The third kappa shape index (κ3) is 4.52. The van der Waals surface area contributed by atoms with Gasteiger partial charge in [0.25, 0.3) is 11.8 Å². The highest BCUT2D eigenvalue weighted by Crippen LogP contribution is 2.27. The van der Waals surface area contributed by atoms with Crippen molar-refractivity contribution in [3.05, 3.63) is 21.8 Å². The molecule has 9 nitrogen and oxygen atoms in total.